The minimum Gasteiger partial charge on any atom is -0.341 e. The maximum absolute atomic E-state index is 12.4. The number of hydrogen-bond acceptors (Lipinski definition) is 3. The summed E-state index contributed by atoms with van der Waals surface area (Å²) < 4.78 is 0. The molecule has 0 aliphatic rings. The van der Waals surface area contributed by atoms with Crippen LogP contribution in [-0.2, 0) is 11.3 Å². The fourth-order valence-electron chi connectivity index (χ4n) is 1.92. The number of nitrogens with zero attached hydrogens (tertiary/aromatic N) is 1. The summed E-state index contributed by atoms with van der Waals surface area (Å²) >= 11 is 1.72. The smallest absolute Gasteiger partial charge is 0.229 e. The second kappa shape index (κ2) is 6.96. The third-order valence-corrected chi connectivity index (χ3v) is 4.42. The molecular weight excluding hydrogens is 256 g/mol. The van der Waals surface area contributed by atoms with Crippen molar-refractivity contribution in [1.29, 1.82) is 0 Å². The molecule has 0 heterocycles. The van der Waals surface area contributed by atoms with Gasteiger partial charge in [-0.3, -0.25) is 4.79 Å². The van der Waals surface area contributed by atoms with Crippen molar-refractivity contribution in [3.8, 4) is 0 Å². The van der Waals surface area contributed by atoms with Crippen LogP contribution in [0.2, 0.25) is 0 Å². The van der Waals surface area contributed by atoms with E-state index in [2.05, 4.69) is 30.5 Å². The summed E-state index contributed by atoms with van der Waals surface area (Å²) in [7, 11) is 1.84. The summed E-state index contributed by atoms with van der Waals surface area (Å²) in [5.74, 6) is 0.117. The van der Waals surface area contributed by atoms with Crippen LogP contribution in [0.3, 0.4) is 0 Å². The Kier molecular flexibility index (Phi) is 5.88. The van der Waals surface area contributed by atoms with E-state index in [0.717, 1.165) is 12.0 Å². The average molecular weight is 280 g/mol. The number of rotatable bonds is 6. The van der Waals surface area contributed by atoms with Gasteiger partial charge in [-0.1, -0.05) is 19.1 Å². The quantitative estimate of drug-likeness (QED) is 0.815. The van der Waals surface area contributed by atoms with Gasteiger partial charge in [-0.15, -0.1) is 11.8 Å². The molecule has 106 valence electrons. The molecule has 1 aromatic rings. The molecule has 0 aliphatic carbocycles. The summed E-state index contributed by atoms with van der Waals surface area (Å²) in [6.45, 7) is 4.95. The van der Waals surface area contributed by atoms with Crippen LogP contribution >= 0.6 is 11.8 Å². The highest BCUT2D eigenvalue weighted by Crippen LogP contribution is 2.23. The number of benzene rings is 1. The van der Waals surface area contributed by atoms with E-state index in [9.17, 15) is 4.79 Å². The van der Waals surface area contributed by atoms with Gasteiger partial charge in [0.1, 0.15) is 0 Å². The maximum atomic E-state index is 12.4. The van der Waals surface area contributed by atoms with Crippen molar-refractivity contribution >= 4 is 17.7 Å². The molecule has 0 spiro atoms. The highest BCUT2D eigenvalue weighted by Gasteiger charge is 2.32. The Morgan fingerprint density at radius 1 is 1.37 bits per heavy atom. The lowest BCUT2D eigenvalue weighted by molar-refractivity contribution is -0.140. The van der Waals surface area contributed by atoms with Crippen molar-refractivity contribution in [3.05, 3.63) is 29.8 Å². The molecule has 0 bridgehead atoms. The molecule has 1 amide bonds. The third kappa shape index (κ3) is 3.98. The first-order chi connectivity index (χ1) is 8.96. The van der Waals surface area contributed by atoms with Gasteiger partial charge in [-0.25, -0.2) is 0 Å². The monoisotopic (exact) mass is 280 g/mol. The zero-order chi connectivity index (χ0) is 14.5. The van der Waals surface area contributed by atoms with Crippen molar-refractivity contribution in [2.75, 3.05) is 19.8 Å². The van der Waals surface area contributed by atoms with Crippen LogP contribution in [-0.4, -0.2) is 30.7 Å². The lowest BCUT2D eigenvalue weighted by Crippen LogP contribution is -2.44. The largest absolute Gasteiger partial charge is 0.341 e. The Morgan fingerprint density at radius 2 is 1.95 bits per heavy atom. The summed E-state index contributed by atoms with van der Waals surface area (Å²) in [5, 5.41) is 0. The molecular formula is C15H24N2OS. The van der Waals surface area contributed by atoms with Crippen LogP contribution in [0.15, 0.2) is 29.2 Å². The van der Waals surface area contributed by atoms with E-state index in [1.54, 1.807) is 16.7 Å². The first kappa shape index (κ1) is 16.1. The molecule has 0 aromatic heterocycles. The van der Waals surface area contributed by atoms with Gasteiger partial charge < -0.3 is 10.6 Å². The molecule has 0 fully saturated rings. The van der Waals surface area contributed by atoms with Crippen molar-refractivity contribution in [2.24, 2.45) is 11.1 Å². The van der Waals surface area contributed by atoms with Crippen molar-refractivity contribution in [3.63, 3.8) is 0 Å². The number of thioether (sulfide) groups is 1. The van der Waals surface area contributed by atoms with Crippen molar-refractivity contribution < 1.29 is 4.79 Å². The van der Waals surface area contributed by atoms with Gasteiger partial charge in [0, 0.05) is 25.0 Å². The van der Waals surface area contributed by atoms with Crippen molar-refractivity contribution in [1.82, 2.24) is 4.90 Å². The van der Waals surface area contributed by atoms with Crippen LogP contribution in [0.5, 0.6) is 0 Å². The summed E-state index contributed by atoms with van der Waals surface area (Å²) in [5.41, 5.74) is 6.43. The molecule has 3 nitrogen and oxygen atoms in total. The van der Waals surface area contributed by atoms with Gasteiger partial charge in [-0.2, -0.15) is 0 Å². The second-order valence-electron chi connectivity index (χ2n) is 5.13. The molecule has 1 unspecified atom stereocenters. The van der Waals surface area contributed by atoms with Gasteiger partial charge in [0.2, 0.25) is 5.91 Å². The standard InChI is InChI=1S/C15H24N2OS/c1-5-15(2,11-16)14(18)17(3)10-12-6-8-13(19-4)9-7-12/h6-9H,5,10-11,16H2,1-4H3. The van der Waals surface area contributed by atoms with Gasteiger partial charge in [-0.05, 0) is 37.3 Å². The van der Waals surface area contributed by atoms with Gasteiger partial charge in [0.15, 0.2) is 0 Å². The molecule has 0 saturated heterocycles. The second-order valence-corrected chi connectivity index (χ2v) is 6.01. The third-order valence-electron chi connectivity index (χ3n) is 3.67. The van der Waals surface area contributed by atoms with E-state index in [0.29, 0.717) is 13.1 Å². The highest BCUT2D eigenvalue weighted by molar-refractivity contribution is 7.98. The maximum Gasteiger partial charge on any atom is 0.229 e. The van der Waals surface area contributed by atoms with E-state index >= 15 is 0 Å². The van der Waals surface area contributed by atoms with Crippen LogP contribution in [0.25, 0.3) is 0 Å². The van der Waals surface area contributed by atoms with E-state index in [1.807, 2.05) is 20.9 Å². The Hall–Kier alpha value is -1.00. The molecule has 19 heavy (non-hydrogen) atoms. The topological polar surface area (TPSA) is 46.3 Å². The normalized spacial score (nSPS) is 13.9. The molecule has 2 N–H and O–H groups in total. The van der Waals surface area contributed by atoms with Crippen LogP contribution < -0.4 is 5.73 Å². The van der Waals surface area contributed by atoms with E-state index in [1.165, 1.54) is 4.90 Å². The lowest BCUT2D eigenvalue weighted by atomic mass is 9.86. The van der Waals surface area contributed by atoms with E-state index < -0.39 is 5.41 Å². The average Bonchev–Trinajstić information content (AvgIpc) is 2.46. The Bertz CT molecular complexity index is 413. The molecule has 0 radical (unpaired) electrons. The van der Waals surface area contributed by atoms with Gasteiger partial charge >= 0.3 is 0 Å². The predicted molar refractivity (Wildman–Crippen MR) is 82.1 cm³/mol. The first-order valence-electron chi connectivity index (χ1n) is 6.55. The van der Waals surface area contributed by atoms with E-state index in [-0.39, 0.29) is 5.91 Å². The highest BCUT2D eigenvalue weighted by atomic mass is 32.2. The number of nitrogens with two attached hydrogens (primary N) is 1. The summed E-state index contributed by atoms with van der Waals surface area (Å²) in [4.78, 5) is 15.4. The first-order valence-corrected chi connectivity index (χ1v) is 7.78. The van der Waals surface area contributed by atoms with Crippen LogP contribution in [0.4, 0.5) is 0 Å². The predicted octanol–water partition coefficient (Wildman–Crippen LogP) is 2.74. The zero-order valence-electron chi connectivity index (χ0n) is 12.3. The Labute approximate surface area is 120 Å². The summed E-state index contributed by atoms with van der Waals surface area (Å²) in [6.07, 6.45) is 2.82. The molecule has 1 atom stereocenters. The number of hydrogen-bond donors (Lipinski definition) is 1. The molecule has 0 saturated carbocycles. The van der Waals surface area contributed by atoms with Crippen molar-refractivity contribution in [2.45, 2.75) is 31.7 Å². The summed E-state index contributed by atoms with van der Waals surface area (Å²) in [6, 6.07) is 8.31. The number of carbonyl (C=O) groups is 1. The SMILES string of the molecule is CCC(C)(CN)C(=O)N(C)Cc1ccc(SC)cc1. The zero-order valence-corrected chi connectivity index (χ0v) is 13.1. The molecule has 0 aliphatic heterocycles. The minimum atomic E-state index is -0.450. The van der Waals surface area contributed by atoms with Crippen LogP contribution in [0.1, 0.15) is 25.8 Å². The molecule has 1 aromatic carbocycles. The lowest BCUT2D eigenvalue weighted by Gasteiger charge is -2.30. The Morgan fingerprint density at radius 3 is 2.37 bits per heavy atom. The molecule has 4 heteroatoms. The Balaban J connectivity index is 2.73. The number of carbonyl (C=O) groups excluding carboxylic acids is 1. The van der Waals surface area contributed by atoms with Crippen LogP contribution in [0, 0.1) is 5.41 Å². The number of amides is 1. The fraction of sp³-hybridized carbons (Fsp3) is 0.533. The van der Waals surface area contributed by atoms with E-state index in [4.69, 9.17) is 5.73 Å². The fourth-order valence-corrected chi connectivity index (χ4v) is 2.33. The molecule has 1 rings (SSSR count). The van der Waals surface area contributed by atoms with Gasteiger partial charge in [0.25, 0.3) is 0 Å². The minimum absolute atomic E-state index is 0.117. The van der Waals surface area contributed by atoms with Gasteiger partial charge in [0.05, 0.1) is 5.41 Å².